The van der Waals surface area contributed by atoms with Crippen molar-refractivity contribution in [1.82, 2.24) is 10.4 Å². The van der Waals surface area contributed by atoms with E-state index in [0.717, 1.165) is 0 Å². The smallest absolute Gasteiger partial charge is 0.293 e. The van der Waals surface area contributed by atoms with Gasteiger partial charge >= 0.3 is 0 Å². The lowest BCUT2D eigenvalue weighted by molar-refractivity contribution is -0.135. The molecule has 0 aliphatic rings. The van der Waals surface area contributed by atoms with Gasteiger partial charge < -0.3 is 4.43 Å². The second-order valence-electron chi connectivity index (χ2n) is 4.14. The van der Waals surface area contributed by atoms with Gasteiger partial charge in [-0.1, -0.05) is 0 Å². The maximum atomic E-state index is 11.2. The second kappa shape index (κ2) is 5.36. The normalized spacial score (nSPS) is 11.8. The van der Waals surface area contributed by atoms with E-state index in [4.69, 9.17) is 4.43 Å². The first-order valence-electron chi connectivity index (χ1n) is 4.44. The highest BCUT2D eigenvalue weighted by Crippen LogP contribution is 2.03. The molecule has 1 N–H and O–H groups in total. The molecule has 0 aromatic heterocycles. The van der Waals surface area contributed by atoms with Gasteiger partial charge in [0.05, 0.1) is 6.42 Å². The Morgan fingerprint density at radius 1 is 1.38 bits per heavy atom. The molecule has 0 radical (unpaired) electrons. The summed E-state index contributed by atoms with van der Waals surface area (Å²) in [6, 6.07) is 0. The predicted molar refractivity (Wildman–Crippen MR) is 55.7 cm³/mol. The van der Waals surface area contributed by atoms with E-state index in [1.165, 1.54) is 0 Å². The number of nitrogens with zero attached hydrogens (tertiary/aromatic N) is 1. The molecule has 0 heterocycles. The second-order valence-corrected chi connectivity index (χ2v) is 8.57. The lowest BCUT2D eigenvalue weighted by Gasteiger charge is -2.18. The summed E-state index contributed by atoms with van der Waals surface area (Å²) in [5, 5.41) is 1.82. The zero-order valence-corrected chi connectivity index (χ0v) is 10.2. The highest BCUT2D eigenvalue weighted by atomic mass is 28.4. The summed E-state index contributed by atoms with van der Waals surface area (Å²) in [6.07, 6.45) is 0.433. The van der Waals surface area contributed by atoms with Crippen LogP contribution in [0.5, 0.6) is 0 Å². The first-order valence-corrected chi connectivity index (χ1v) is 7.85. The first kappa shape index (κ1) is 12.6. The van der Waals surface area contributed by atoms with Crippen LogP contribution in [0.2, 0.25) is 19.6 Å². The third-order valence-corrected chi connectivity index (χ3v) is 2.02. The minimum absolute atomic E-state index is 0.103. The Morgan fingerprint density at radius 3 is 2.31 bits per heavy atom. The Balaban J connectivity index is 3.53. The van der Waals surface area contributed by atoms with Crippen molar-refractivity contribution in [3.05, 3.63) is 0 Å². The third-order valence-electron chi connectivity index (χ3n) is 1.18. The van der Waals surface area contributed by atoms with E-state index < -0.39 is 8.32 Å². The fourth-order valence-corrected chi connectivity index (χ4v) is 1.56. The van der Waals surface area contributed by atoms with Gasteiger partial charge in [0.15, 0.2) is 0 Å². The lowest BCUT2D eigenvalue weighted by atomic mass is 10.4. The fourth-order valence-electron chi connectivity index (χ4n) is 0.774. The summed E-state index contributed by atoms with van der Waals surface area (Å²) >= 11 is 0. The Hall–Kier alpha value is -0.393. The Morgan fingerprint density at radius 2 is 1.92 bits per heavy atom. The Kier molecular flexibility index (Phi) is 5.20. The van der Waals surface area contributed by atoms with Crippen molar-refractivity contribution in [2.75, 3.05) is 20.6 Å². The average molecular weight is 204 g/mol. The highest BCUT2D eigenvalue weighted by Gasteiger charge is 2.19. The summed E-state index contributed by atoms with van der Waals surface area (Å²) in [5.74, 6) is -0.103. The van der Waals surface area contributed by atoms with Crippen LogP contribution in [0.1, 0.15) is 6.42 Å². The van der Waals surface area contributed by atoms with Gasteiger partial charge in [-0.2, -0.15) is 0 Å². The molecule has 78 valence electrons. The maximum Gasteiger partial charge on any atom is 0.293 e. The molecule has 5 heteroatoms. The largest absolute Gasteiger partial charge is 0.520 e. The molecule has 0 saturated carbocycles. The lowest BCUT2D eigenvalue weighted by Crippen LogP contribution is -2.34. The molecule has 0 rings (SSSR count). The molecule has 0 aliphatic heterocycles. The van der Waals surface area contributed by atoms with Crippen molar-refractivity contribution in [3.63, 3.8) is 0 Å². The van der Waals surface area contributed by atoms with Crippen molar-refractivity contribution in [2.45, 2.75) is 26.1 Å². The number of rotatable bonds is 5. The molecule has 0 amide bonds. The number of hydrazine groups is 1. The van der Waals surface area contributed by atoms with Crippen LogP contribution in [0.15, 0.2) is 0 Å². The van der Waals surface area contributed by atoms with E-state index in [2.05, 4.69) is 5.43 Å². The molecular formula is C8H20N2O2Si. The number of hydrogen-bond acceptors (Lipinski definition) is 4. The summed E-state index contributed by atoms with van der Waals surface area (Å²) < 4.78 is 5.26. The monoisotopic (exact) mass is 204 g/mol. The van der Waals surface area contributed by atoms with Crippen molar-refractivity contribution in [3.8, 4) is 0 Å². The van der Waals surface area contributed by atoms with Gasteiger partial charge in [0.1, 0.15) is 0 Å². The van der Waals surface area contributed by atoms with E-state index in [-0.39, 0.29) is 5.97 Å². The van der Waals surface area contributed by atoms with Crippen LogP contribution in [0.4, 0.5) is 0 Å². The molecule has 0 atom stereocenters. The Labute approximate surface area is 81.4 Å². The first-order chi connectivity index (χ1) is 5.81. The van der Waals surface area contributed by atoms with E-state index in [1.54, 1.807) is 0 Å². The van der Waals surface area contributed by atoms with E-state index in [1.807, 2.05) is 38.7 Å². The number of carbonyl (C=O) groups is 1. The van der Waals surface area contributed by atoms with Gasteiger partial charge in [-0.15, -0.1) is 0 Å². The van der Waals surface area contributed by atoms with Crippen molar-refractivity contribution >= 4 is 14.3 Å². The average Bonchev–Trinajstić information content (AvgIpc) is 1.81. The summed E-state index contributed by atoms with van der Waals surface area (Å²) in [6.45, 7) is 6.65. The van der Waals surface area contributed by atoms with Crippen LogP contribution in [0, 0.1) is 0 Å². The van der Waals surface area contributed by atoms with Gasteiger partial charge in [-0.25, -0.2) is 0 Å². The topological polar surface area (TPSA) is 41.6 Å². The van der Waals surface area contributed by atoms with Crippen LogP contribution < -0.4 is 5.43 Å². The van der Waals surface area contributed by atoms with Gasteiger partial charge in [0.25, 0.3) is 5.97 Å². The van der Waals surface area contributed by atoms with Gasteiger partial charge in [-0.05, 0) is 19.6 Å². The molecule has 0 unspecified atom stereocenters. The van der Waals surface area contributed by atoms with Crippen molar-refractivity contribution in [2.24, 2.45) is 0 Å². The zero-order valence-electron chi connectivity index (χ0n) is 9.18. The SMILES string of the molecule is CN(C)NCCC(=O)O[Si](C)(C)C. The van der Waals surface area contributed by atoms with Gasteiger partial charge in [-0.3, -0.25) is 15.2 Å². The predicted octanol–water partition coefficient (Wildman–Crippen LogP) is 0.821. The molecule has 4 nitrogen and oxygen atoms in total. The van der Waals surface area contributed by atoms with Crippen LogP contribution >= 0.6 is 0 Å². The summed E-state index contributed by atoms with van der Waals surface area (Å²) in [4.78, 5) is 11.2. The number of nitrogens with one attached hydrogen (secondary N) is 1. The van der Waals surface area contributed by atoms with Gasteiger partial charge in [0, 0.05) is 20.6 Å². The minimum Gasteiger partial charge on any atom is -0.520 e. The Bertz CT molecular complexity index is 166. The highest BCUT2D eigenvalue weighted by molar-refractivity contribution is 6.71. The molecule has 0 aliphatic carbocycles. The molecule has 0 bridgehead atoms. The van der Waals surface area contributed by atoms with E-state index in [0.29, 0.717) is 13.0 Å². The standard InChI is InChI=1S/C8H20N2O2Si/c1-10(2)9-7-6-8(11)12-13(3,4)5/h9H,6-7H2,1-5H3. The zero-order chi connectivity index (χ0) is 10.5. The molecule has 0 aromatic carbocycles. The van der Waals surface area contributed by atoms with Crippen LogP contribution in [0.3, 0.4) is 0 Å². The number of hydrogen-bond donors (Lipinski definition) is 1. The maximum absolute atomic E-state index is 11.2. The molecular weight excluding hydrogens is 184 g/mol. The van der Waals surface area contributed by atoms with Crippen molar-refractivity contribution < 1.29 is 9.22 Å². The van der Waals surface area contributed by atoms with Crippen LogP contribution in [0.25, 0.3) is 0 Å². The molecule has 0 spiro atoms. The molecule has 0 fully saturated rings. The quantitative estimate of drug-likeness (QED) is 0.532. The van der Waals surface area contributed by atoms with E-state index in [9.17, 15) is 4.79 Å². The summed E-state index contributed by atoms with van der Waals surface area (Å²) in [5.41, 5.74) is 3.01. The molecule has 0 aromatic rings. The molecule has 13 heavy (non-hydrogen) atoms. The number of carbonyl (C=O) groups excluding carboxylic acids is 1. The molecule has 0 saturated heterocycles. The minimum atomic E-state index is -1.69. The van der Waals surface area contributed by atoms with Crippen LogP contribution in [-0.2, 0) is 9.22 Å². The van der Waals surface area contributed by atoms with Gasteiger partial charge in [0.2, 0.25) is 8.32 Å². The summed E-state index contributed by atoms with van der Waals surface area (Å²) in [7, 11) is 2.10. The van der Waals surface area contributed by atoms with Crippen LogP contribution in [-0.4, -0.2) is 39.9 Å². The van der Waals surface area contributed by atoms with Crippen molar-refractivity contribution in [1.29, 1.82) is 0 Å². The van der Waals surface area contributed by atoms with E-state index >= 15 is 0 Å². The fraction of sp³-hybridized carbons (Fsp3) is 0.875. The third kappa shape index (κ3) is 9.52.